The summed E-state index contributed by atoms with van der Waals surface area (Å²) in [6.45, 7) is 3.81. The molecule has 17 heavy (non-hydrogen) atoms. The van der Waals surface area contributed by atoms with E-state index in [2.05, 4.69) is 17.9 Å². The molecule has 1 atom stereocenters. The fraction of sp³-hybridized carbons (Fsp3) is 0.571. The van der Waals surface area contributed by atoms with E-state index < -0.39 is 0 Å². The molecule has 3 nitrogen and oxygen atoms in total. The van der Waals surface area contributed by atoms with Gasteiger partial charge in [0.05, 0.1) is 19.8 Å². The molecule has 0 radical (unpaired) electrons. The fourth-order valence-corrected chi connectivity index (χ4v) is 1.74. The SMILES string of the molecule is CCC(OCCN(C)C)c1ccccc1OC. The van der Waals surface area contributed by atoms with Gasteiger partial charge in [-0.2, -0.15) is 0 Å². The van der Waals surface area contributed by atoms with Crippen LogP contribution in [0.4, 0.5) is 0 Å². The Hall–Kier alpha value is -1.06. The molecule has 0 bridgehead atoms. The lowest BCUT2D eigenvalue weighted by atomic mass is 10.1. The van der Waals surface area contributed by atoms with Crippen LogP contribution in [0.25, 0.3) is 0 Å². The monoisotopic (exact) mass is 237 g/mol. The third-order valence-electron chi connectivity index (χ3n) is 2.71. The van der Waals surface area contributed by atoms with Gasteiger partial charge in [-0.05, 0) is 26.6 Å². The number of hydrogen-bond donors (Lipinski definition) is 0. The molecule has 0 saturated heterocycles. The van der Waals surface area contributed by atoms with Gasteiger partial charge in [0.1, 0.15) is 5.75 Å². The van der Waals surface area contributed by atoms with Crippen molar-refractivity contribution in [2.24, 2.45) is 0 Å². The van der Waals surface area contributed by atoms with Gasteiger partial charge in [0.2, 0.25) is 0 Å². The van der Waals surface area contributed by atoms with Crippen LogP contribution in [0, 0.1) is 0 Å². The molecule has 0 fully saturated rings. The summed E-state index contributed by atoms with van der Waals surface area (Å²) >= 11 is 0. The van der Waals surface area contributed by atoms with E-state index in [1.54, 1.807) is 7.11 Å². The summed E-state index contributed by atoms with van der Waals surface area (Å²) in [6, 6.07) is 8.06. The number of nitrogens with zero attached hydrogens (tertiary/aromatic N) is 1. The number of para-hydroxylation sites is 1. The standard InChI is InChI=1S/C14H23NO2/c1-5-13(17-11-10-15(2)3)12-8-6-7-9-14(12)16-4/h6-9,13H,5,10-11H2,1-4H3. The number of rotatable bonds is 7. The minimum atomic E-state index is 0.117. The molecule has 0 spiro atoms. The van der Waals surface area contributed by atoms with Crippen molar-refractivity contribution in [1.82, 2.24) is 4.90 Å². The van der Waals surface area contributed by atoms with Crippen LogP contribution < -0.4 is 4.74 Å². The highest BCUT2D eigenvalue weighted by Crippen LogP contribution is 2.29. The summed E-state index contributed by atoms with van der Waals surface area (Å²) in [5, 5.41) is 0. The largest absolute Gasteiger partial charge is 0.496 e. The molecule has 1 aromatic carbocycles. The van der Waals surface area contributed by atoms with Crippen LogP contribution in [-0.4, -0.2) is 39.3 Å². The second-order valence-electron chi connectivity index (χ2n) is 4.31. The predicted octanol–water partition coefficient (Wildman–Crippen LogP) is 2.72. The molecule has 1 unspecified atom stereocenters. The Kier molecular flexibility index (Phi) is 6.01. The molecule has 3 heteroatoms. The van der Waals surface area contributed by atoms with Crippen molar-refractivity contribution in [1.29, 1.82) is 0 Å². The quantitative estimate of drug-likeness (QED) is 0.728. The Morgan fingerprint density at radius 1 is 1.24 bits per heavy atom. The van der Waals surface area contributed by atoms with Crippen molar-refractivity contribution in [3.05, 3.63) is 29.8 Å². The van der Waals surface area contributed by atoms with Crippen molar-refractivity contribution in [2.45, 2.75) is 19.4 Å². The van der Waals surface area contributed by atoms with Crippen LogP contribution in [0.3, 0.4) is 0 Å². The average Bonchev–Trinajstić information content (AvgIpc) is 2.34. The molecule has 0 aliphatic carbocycles. The molecule has 0 aliphatic heterocycles. The second kappa shape index (κ2) is 7.30. The van der Waals surface area contributed by atoms with Crippen LogP contribution in [0.5, 0.6) is 5.75 Å². The minimum absolute atomic E-state index is 0.117. The van der Waals surface area contributed by atoms with Crippen LogP contribution >= 0.6 is 0 Å². The van der Waals surface area contributed by atoms with E-state index in [4.69, 9.17) is 9.47 Å². The zero-order valence-corrected chi connectivity index (χ0v) is 11.3. The van der Waals surface area contributed by atoms with Gasteiger partial charge in [0.25, 0.3) is 0 Å². The molecule has 0 amide bonds. The van der Waals surface area contributed by atoms with E-state index in [1.165, 1.54) is 0 Å². The third-order valence-corrected chi connectivity index (χ3v) is 2.71. The molecule has 1 rings (SSSR count). The van der Waals surface area contributed by atoms with E-state index in [-0.39, 0.29) is 6.10 Å². The fourth-order valence-electron chi connectivity index (χ4n) is 1.74. The first kappa shape index (κ1) is 14.0. The van der Waals surface area contributed by atoms with E-state index in [0.717, 1.165) is 30.9 Å². The van der Waals surface area contributed by atoms with Crippen molar-refractivity contribution in [3.63, 3.8) is 0 Å². The smallest absolute Gasteiger partial charge is 0.124 e. The highest BCUT2D eigenvalue weighted by Gasteiger charge is 2.14. The molecule has 0 aromatic heterocycles. The van der Waals surface area contributed by atoms with Crippen molar-refractivity contribution in [2.75, 3.05) is 34.4 Å². The van der Waals surface area contributed by atoms with Crippen LogP contribution in [0.1, 0.15) is 25.0 Å². The summed E-state index contributed by atoms with van der Waals surface area (Å²) in [5.41, 5.74) is 1.14. The molecule has 0 heterocycles. The van der Waals surface area contributed by atoms with Gasteiger partial charge in [-0.3, -0.25) is 0 Å². The van der Waals surface area contributed by atoms with Gasteiger partial charge >= 0.3 is 0 Å². The van der Waals surface area contributed by atoms with E-state index >= 15 is 0 Å². The normalized spacial score (nSPS) is 12.8. The Labute approximate surface area is 104 Å². The lowest BCUT2D eigenvalue weighted by Crippen LogP contribution is -2.19. The number of ether oxygens (including phenoxy) is 2. The van der Waals surface area contributed by atoms with Crippen LogP contribution in [0.15, 0.2) is 24.3 Å². The van der Waals surface area contributed by atoms with Gasteiger partial charge in [-0.15, -0.1) is 0 Å². The maximum atomic E-state index is 5.91. The molecular formula is C14H23NO2. The van der Waals surface area contributed by atoms with Crippen LogP contribution in [-0.2, 0) is 4.74 Å². The summed E-state index contributed by atoms with van der Waals surface area (Å²) in [4.78, 5) is 2.12. The molecule has 1 aromatic rings. The Morgan fingerprint density at radius 3 is 2.53 bits per heavy atom. The van der Waals surface area contributed by atoms with Gasteiger partial charge in [0.15, 0.2) is 0 Å². The number of benzene rings is 1. The zero-order chi connectivity index (χ0) is 12.7. The van der Waals surface area contributed by atoms with Crippen molar-refractivity contribution < 1.29 is 9.47 Å². The van der Waals surface area contributed by atoms with Gasteiger partial charge < -0.3 is 14.4 Å². The second-order valence-corrected chi connectivity index (χ2v) is 4.31. The molecular weight excluding hydrogens is 214 g/mol. The predicted molar refractivity (Wildman–Crippen MR) is 70.5 cm³/mol. The maximum absolute atomic E-state index is 5.91. The average molecular weight is 237 g/mol. The topological polar surface area (TPSA) is 21.7 Å². The highest BCUT2D eigenvalue weighted by atomic mass is 16.5. The Morgan fingerprint density at radius 2 is 1.94 bits per heavy atom. The molecule has 0 aliphatic rings. The molecule has 0 saturated carbocycles. The lowest BCUT2D eigenvalue weighted by Gasteiger charge is -2.20. The number of likely N-dealkylation sites (N-methyl/N-ethyl adjacent to an activating group) is 1. The number of methoxy groups -OCH3 is 1. The number of hydrogen-bond acceptors (Lipinski definition) is 3. The van der Waals surface area contributed by atoms with E-state index in [1.807, 2.05) is 32.3 Å². The van der Waals surface area contributed by atoms with Gasteiger partial charge in [-0.1, -0.05) is 25.1 Å². The van der Waals surface area contributed by atoms with E-state index in [0.29, 0.717) is 0 Å². The van der Waals surface area contributed by atoms with Crippen LogP contribution in [0.2, 0.25) is 0 Å². The maximum Gasteiger partial charge on any atom is 0.124 e. The Balaban J connectivity index is 2.65. The summed E-state index contributed by atoms with van der Waals surface area (Å²) in [5.74, 6) is 0.907. The highest BCUT2D eigenvalue weighted by molar-refractivity contribution is 5.35. The van der Waals surface area contributed by atoms with Crippen molar-refractivity contribution >= 4 is 0 Å². The third kappa shape index (κ3) is 4.36. The zero-order valence-electron chi connectivity index (χ0n) is 11.3. The summed E-state index contributed by atoms with van der Waals surface area (Å²) in [7, 11) is 5.80. The Bertz CT molecular complexity index is 326. The van der Waals surface area contributed by atoms with Gasteiger partial charge in [-0.25, -0.2) is 0 Å². The summed E-state index contributed by atoms with van der Waals surface area (Å²) < 4.78 is 11.3. The summed E-state index contributed by atoms with van der Waals surface area (Å²) in [6.07, 6.45) is 1.07. The molecule has 0 N–H and O–H groups in total. The van der Waals surface area contributed by atoms with Crippen molar-refractivity contribution in [3.8, 4) is 5.75 Å². The first-order chi connectivity index (χ1) is 8.19. The van der Waals surface area contributed by atoms with Gasteiger partial charge in [0, 0.05) is 12.1 Å². The molecule has 96 valence electrons. The lowest BCUT2D eigenvalue weighted by molar-refractivity contribution is 0.0395. The van der Waals surface area contributed by atoms with E-state index in [9.17, 15) is 0 Å². The minimum Gasteiger partial charge on any atom is -0.496 e. The first-order valence-electron chi connectivity index (χ1n) is 6.08. The first-order valence-corrected chi connectivity index (χ1v) is 6.08.